The summed E-state index contributed by atoms with van der Waals surface area (Å²) in [5.41, 5.74) is 2.90. The van der Waals surface area contributed by atoms with E-state index in [1.807, 2.05) is 30.5 Å². The molecule has 0 unspecified atom stereocenters. The number of nitrogens with zero attached hydrogens (tertiary/aromatic N) is 4. The number of nitriles is 1. The molecule has 0 radical (unpaired) electrons. The van der Waals surface area contributed by atoms with Crippen LogP contribution in [-0.4, -0.2) is 42.3 Å². The first-order valence-electron chi connectivity index (χ1n) is 7.86. The molecule has 124 valence electrons. The van der Waals surface area contributed by atoms with Crippen molar-refractivity contribution in [2.24, 2.45) is 0 Å². The Kier molecular flexibility index (Phi) is 5.62. The Morgan fingerprint density at radius 3 is 2.46 bits per heavy atom. The van der Waals surface area contributed by atoms with Crippen LogP contribution in [0, 0.1) is 11.3 Å². The van der Waals surface area contributed by atoms with Gasteiger partial charge in [-0.2, -0.15) is 5.26 Å². The molecule has 4 nitrogen and oxygen atoms in total. The number of benzene rings is 1. The molecule has 0 N–H and O–H groups in total. The second-order valence-corrected chi connectivity index (χ2v) is 6.94. The van der Waals surface area contributed by atoms with Crippen molar-refractivity contribution >= 4 is 29.1 Å². The Labute approximate surface area is 152 Å². The van der Waals surface area contributed by atoms with E-state index in [1.165, 1.54) is 17.4 Å². The molecule has 1 fully saturated rings. The van der Waals surface area contributed by atoms with Gasteiger partial charge in [0.15, 0.2) is 0 Å². The standard InChI is InChI=1S/C18H19ClN4S/c1-24-18-14(12-20)2-5-16(21-18)13-22-8-10-23(11-9-22)17-6-3-15(19)4-7-17/h2-7H,8-11,13H2,1H3. The number of aromatic nitrogens is 1. The van der Waals surface area contributed by atoms with Gasteiger partial charge in [0.25, 0.3) is 0 Å². The minimum absolute atomic E-state index is 0.652. The minimum Gasteiger partial charge on any atom is -0.369 e. The lowest BCUT2D eigenvalue weighted by Crippen LogP contribution is -2.46. The van der Waals surface area contributed by atoms with E-state index in [4.69, 9.17) is 16.9 Å². The molecular formula is C18H19ClN4S. The molecule has 0 atom stereocenters. The highest BCUT2D eigenvalue weighted by Crippen LogP contribution is 2.21. The molecule has 0 aliphatic carbocycles. The summed E-state index contributed by atoms with van der Waals surface area (Å²) in [7, 11) is 0. The van der Waals surface area contributed by atoms with Crippen LogP contribution in [0.5, 0.6) is 0 Å². The van der Waals surface area contributed by atoms with Crippen LogP contribution >= 0.6 is 23.4 Å². The Morgan fingerprint density at radius 2 is 1.83 bits per heavy atom. The molecule has 1 aliphatic heterocycles. The van der Waals surface area contributed by atoms with Gasteiger partial charge >= 0.3 is 0 Å². The second-order valence-electron chi connectivity index (χ2n) is 5.71. The Hall–Kier alpha value is -1.74. The summed E-state index contributed by atoms with van der Waals surface area (Å²) in [6.07, 6.45) is 1.96. The first-order valence-corrected chi connectivity index (χ1v) is 9.47. The van der Waals surface area contributed by atoms with Gasteiger partial charge in [-0.25, -0.2) is 4.98 Å². The fraction of sp³-hybridized carbons (Fsp3) is 0.333. The van der Waals surface area contributed by atoms with Crippen LogP contribution < -0.4 is 4.90 Å². The zero-order valence-electron chi connectivity index (χ0n) is 13.6. The first kappa shape index (κ1) is 17.1. The van der Waals surface area contributed by atoms with Crippen LogP contribution in [0.25, 0.3) is 0 Å². The minimum atomic E-state index is 0.652. The van der Waals surface area contributed by atoms with Crippen LogP contribution in [0.15, 0.2) is 41.4 Å². The molecule has 1 saturated heterocycles. The van der Waals surface area contributed by atoms with E-state index in [1.54, 1.807) is 0 Å². The molecular weight excluding hydrogens is 340 g/mol. The third-order valence-electron chi connectivity index (χ3n) is 4.18. The van der Waals surface area contributed by atoms with E-state index in [2.05, 4.69) is 33.0 Å². The predicted octanol–water partition coefficient (Wildman–Crippen LogP) is 3.65. The zero-order valence-corrected chi connectivity index (χ0v) is 15.1. The van der Waals surface area contributed by atoms with E-state index in [0.29, 0.717) is 5.56 Å². The van der Waals surface area contributed by atoms with Gasteiger partial charge in [-0.1, -0.05) is 11.6 Å². The second kappa shape index (κ2) is 7.89. The Morgan fingerprint density at radius 1 is 1.12 bits per heavy atom. The lowest BCUT2D eigenvalue weighted by Gasteiger charge is -2.36. The van der Waals surface area contributed by atoms with Crippen LogP contribution in [0.3, 0.4) is 0 Å². The van der Waals surface area contributed by atoms with E-state index in [9.17, 15) is 0 Å². The van der Waals surface area contributed by atoms with E-state index in [0.717, 1.165) is 48.5 Å². The largest absolute Gasteiger partial charge is 0.369 e. The van der Waals surface area contributed by atoms with Crippen LogP contribution in [-0.2, 0) is 6.54 Å². The average Bonchev–Trinajstić information content (AvgIpc) is 2.63. The highest BCUT2D eigenvalue weighted by Gasteiger charge is 2.18. The summed E-state index contributed by atoms with van der Waals surface area (Å²) in [6, 6.07) is 14.1. The van der Waals surface area contributed by atoms with E-state index >= 15 is 0 Å². The van der Waals surface area contributed by atoms with Crippen molar-refractivity contribution in [1.82, 2.24) is 9.88 Å². The van der Waals surface area contributed by atoms with E-state index in [-0.39, 0.29) is 0 Å². The molecule has 2 heterocycles. The molecule has 0 spiro atoms. The van der Waals surface area contributed by atoms with Crippen molar-refractivity contribution in [3.8, 4) is 6.07 Å². The fourth-order valence-electron chi connectivity index (χ4n) is 2.85. The van der Waals surface area contributed by atoms with Gasteiger partial charge in [0, 0.05) is 43.4 Å². The predicted molar refractivity (Wildman–Crippen MR) is 99.7 cm³/mol. The topological polar surface area (TPSA) is 43.2 Å². The molecule has 6 heteroatoms. The van der Waals surface area contributed by atoms with Crippen molar-refractivity contribution < 1.29 is 0 Å². The quantitative estimate of drug-likeness (QED) is 0.780. The number of hydrogen-bond acceptors (Lipinski definition) is 5. The van der Waals surface area contributed by atoms with E-state index < -0.39 is 0 Å². The van der Waals surface area contributed by atoms with Gasteiger partial charge in [0.1, 0.15) is 11.1 Å². The lowest BCUT2D eigenvalue weighted by molar-refractivity contribution is 0.246. The number of halogens is 1. The number of piperazine rings is 1. The van der Waals surface area contributed by atoms with Gasteiger partial charge in [-0.05, 0) is 42.7 Å². The SMILES string of the molecule is CSc1nc(CN2CCN(c3ccc(Cl)cc3)CC2)ccc1C#N. The molecule has 2 aromatic rings. The molecule has 0 amide bonds. The fourth-order valence-corrected chi connectivity index (χ4v) is 3.52. The third-order valence-corrected chi connectivity index (χ3v) is 5.13. The smallest absolute Gasteiger partial charge is 0.114 e. The van der Waals surface area contributed by atoms with Crippen molar-refractivity contribution in [3.63, 3.8) is 0 Å². The molecule has 0 saturated carbocycles. The Balaban J connectivity index is 1.59. The average molecular weight is 359 g/mol. The van der Waals surface area contributed by atoms with Gasteiger partial charge in [0.05, 0.1) is 11.3 Å². The number of rotatable bonds is 4. The van der Waals surface area contributed by atoms with Crippen LogP contribution in [0.4, 0.5) is 5.69 Å². The van der Waals surface area contributed by atoms with Gasteiger partial charge < -0.3 is 4.90 Å². The summed E-state index contributed by atoms with van der Waals surface area (Å²) in [4.78, 5) is 9.40. The summed E-state index contributed by atoms with van der Waals surface area (Å²) in [6.45, 7) is 4.81. The van der Waals surface area contributed by atoms with Gasteiger partial charge in [0.2, 0.25) is 0 Å². The molecule has 1 aromatic carbocycles. The molecule has 0 bridgehead atoms. The third kappa shape index (κ3) is 4.02. The number of anilines is 1. The lowest BCUT2D eigenvalue weighted by atomic mass is 10.2. The summed E-state index contributed by atoms with van der Waals surface area (Å²) >= 11 is 7.48. The van der Waals surface area contributed by atoms with Crippen LogP contribution in [0.1, 0.15) is 11.3 Å². The summed E-state index contributed by atoms with van der Waals surface area (Å²) in [5, 5.41) is 10.7. The maximum atomic E-state index is 9.09. The van der Waals surface area contributed by atoms with Crippen LogP contribution in [0.2, 0.25) is 5.02 Å². The van der Waals surface area contributed by atoms with Crippen molar-refractivity contribution in [3.05, 3.63) is 52.7 Å². The van der Waals surface area contributed by atoms with Crippen molar-refractivity contribution in [1.29, 1.82) is 5.26 Å². The monoisotopic (exact) mass is 358 g/mol. The number of thioether (sulfide) groups is 1. The molecule has 1 aliphatic rings. The highest BCUT2D eigenvalue weighted by atomic mass is 35.5. The maximum Gasteiger partial charge on any atom is 0.114 e. The number of pyridine rings is 1. The van der Waals surface area contributed by atoms with Crippen molar-refractivity contribution in [2.75, 3.05) is 37.3 Å². The number of hydrogen-bond donors (Lipinski definition) is 0. The van der Waals surface area contributed by atoms with Crippen molar-refractivity contribution in [2.45, 2.75) is 11.6 Å². The zero-order chi connectivity index (χ0) is 16.9. The summed E-state index contributed by atoms with van der Waals surface area (Å²) < 4.78 is 0. The summed E-state index contributed by atoms with van der Waals surface area (Å²) in [5.74, 6) is 0. The molecule has 3 rings (SSSR count). The van der Waals surface area contributed by atoms with Gasteiger partial charge in [-0.15, -0.1) is 11.8 Å². The normalized spacial score (nSPS) is 15.3. The van der Waals surface area contributed by atoms with Gasteiger partial charge in [-0.3, -0.25) is 4.90 Å². The maximum absolute atomic E-state index is 9.09. The molecule has 24 heavy (non-hydrogen) atoms. The first-order chi connectivity index (χ1) is 11.7. The molecule has 1 aromatic heterocycles. The highest BCUT2D eigenvalue weighted by molar-refractivity contribution is 7.98. The Bertz CT molecular complexity index is 734.